The predicted octanol–water partition coefficient (Wildman–Crippen LogP) is 2.32. The molecule has 1 heterocycles. The molecule has 6 heteroatoms. The third kappa shape index (κ3) is 2.40. The van der Waals surface area contributed by atoms with E-state index < -0.39 is 5.92 Å². The van der Waals surface area contributed by atoms with Gasteiger partial charge in [-0.05, 0) is 12.3 Å². The van der Waals surface area contributed by atoms with Gasteiger partial charge in [0.2, 0.25) is 9.75 Å². The first-order valence-corrected chi connectivity index (χ1v) is 5.56. The smallest absolute Gasteiger partial charge is 0.248 e. The Kier molecular flexibility index (Phi) is 2.72. The second-order valence-corrected chi connectivity index (χ2v) is 4.67. The molecular formula is C8H10F2IN3. The van der Waals surface area contributed by atoms with E-state index in [1.54, 1.807) is 11.0 Å². The topological polar surface area (TPSA) is 30.7 Å². The first-order chi connectivity index (χ1) is 6.55. The Hall–Kier alpha value is -0.270. The molecule has 2 rings (SSSR count). The van der Waals surface area contributed by atoms with E-state index in [0.717, 1.165) is 0 Å². The van der Waals surface area contributed by atoms with Gasteiger partial charge in [-0.3, -0.25) is 4.68 Å². The largest absolute Gasteiger partial charge is 0.252 e. The zero-order chi connectivity index (χ0) is 10.2. The summed E-state index contributed by atoms with van der Waals surface area (Å²) in [7, 11) is 0. The van der Waals surface area contributed by atoms with Crippen LogP contribution in [0.1, 0.15) is 19.3 Å². The normalized spacial score (nSPS) is 25.5. The molecule has 0 aliphatic heterocycles. The van der Waals surface area contributed by atoms with Crippen LogP contribution in [0, 0.1) is 9.75 Å². The van der Waals surface area contributed by atoms with Crippen LogP contribution in [0.4, 0.5) is 8.78 Å². The highest BCUT2D eigenvalue weighted by Gasteiger charge is 2.39. The van der Waals surface area contributed by atoms with Crippen molar-refractivity contribution in [3.63, 3.8) is 0 Å². The monoisotopic (exact) mass is 313 g/mol. The Morgan fingerprint density at radius 1 is 1.64 bits per heavy atom. The highest BCUT2D eigenvalue weighted by atomic mass is 127. The van der Waals surface area contributed by atoms with E-state index in [1.165, 1.54) is 0 Å². The predicted molar refractivity (Wildman–Crippen MR) is 55.0 cm³/mol. The lowest BCUT2D eigenvalue weighted by molar-refractivity contribution is 0.00422. The van der Waals surface area contributed by atoms with Crippen LogP contribution in [0.5, 0.6) is 0 Å². The number of nitrogens with zero attached hydrogens (tertiary/aromatic N) is 3. The number of aromatic nitrogens is 3. The Labute approximate surface area is 94.0 Å². The van der Waals surface area contributed by atoms with Crippen LogP contribution in [0.15, 0.2) is 6.33 Å². The van der Waals surface area contributed by atoms with Crippen LogP contribution in [-0.2, 0) is 6.54 Å². The molecule has 1 atom stereocenters. The van der Waals surface area contributed by atoms with Gasteiger partial charge in [0.05, 0.1) is 0 Å². The Balaban J connectivity index is 1.94. The van der Waals surface area contributed by atoms with Gasteiger partial charge < -0.3 is 0 Å². The minimum absolute atomic E-state index is 0.0105. The van der Waals surface area contributed by atoms with Gasteiger partial charge in [-0.15, -0.1) is 5.10 Å². The quantitative estimate of drug-likeness (QED) is 0.785. The van der Waals surface area contributed by atoms with Gasteiger partial charge in [-0.1, -0.05) is 0 Å². The molecular weight excluding hydrogens is 303 g/mol. The number of hydrogen-bond donors (Lipinski definition) is 0. The van der Waals surface area contributed by atoms with Crippen molar-refractivity contribution in [2.24, 2.45) is 5.92 Å². The van der Waals surface area contributed by atoms with Crippen LogP contribution in [0.25, 0.3) is 0 Å². The van der Waals surface area contributed by atoms with E-state index in [2.05, 4.69) is 10.1 Å². The maximum atomic E-state index is 12.9. The minimum Gasteiger partial charge on any atom is -0.252 e. The number of rotatable bonds is 2. The molecule has 0 radical (unpaired) electrons. The molecule has 14 heavy (non-hydrogen) atoms. The van der Waals surface area contributed by atoms with Gasteiger partial charge >= 0.3 is 0 Å². The van der Waals surface area contributed by atoms with Crippen molar-refractivity contribution in [2.75, 3.05) is 0 Å². The van der Waals surface area contributed by atoms with Gasteiger partial charge in [0.15, 0.2) is 0 Å². The summed E-state index contributed by atoms with van der Waals surface area (Å²) in [6.07, 6.45) is 2.19. The van der Waals surface area contributed by atoms with E-state index in [0.29, 0.717) is 16.8 Å². The number of hydrogen-bond acceptors (Lipinski definition) is 2. The molecule has 0 N–H and O–H groups in total. The van der Waals surface area contributed by atoms with Crippen molar-refractivity contribution in [3.05, 3.63) is 10.2 Å². The van der Waals surface area contributed by atoms with Crippen LogP contribution < -0.4 is 0 Å². The molecule has 0 spiro atoms. The molecule has 1 unspecified atom stereocenters. The molecule has 1 aliphatic rings. The summed E-state index contributed by atoms with van der Waals surface area (Å²) in [4.78, 5) is 3.95. The molecule has 1 fully saturated rings. The van der Waals surface area contributed by atoms with Crippen molar-refractivity contribution in [3.8, 4) is 0 Å². The maximum absolute atomic E-state index is 12.9. The molecule has 3 nitrogen and oxygen atoms in total. The summed E-state index contributed by atoms with van der Waals surface area (Å²) >= 11 is 2.00. The van der Waals surface area contributed by atoms with Crippen molar-refractivity contribution in [2.45, 2.75) is 31.7 Å². The zero-order valence-corrected chi connectivity index (χ0v) is 9.62. The molecule has 1 aliphatic carbocycles. The first-order valence-electron chi connectivity index (χ1n) is 4.48. The second kappa shape index (κ2) is 3.71. The molecule has 78 valence electrons. The van der Waals surface area contributed by atoms with E-state index in [4.69, 9.17) is 0 Å². The fourth-order valence-electron chi connectivity index (χ4n) is 1.82. The van der Waals surface area contributed by atoms with E-state index in [9.17, 15) is 8.78 Å². The Morgan fingerprint density at radius 2 is 2.43 bits per heavy atom. The SMILES string of the molecule is FC1(F)CCC(Cn2cnc(I)n2)C1. The Morgan fingerprint density at radius 3 is 2.93 bits per heavy atom. The van der Waals surface area contributed by atoms with Crippen molar-refractivity contribution >= 4 is 22.6 Å². The highest BCUT2D eigenvalue weighted by molar-refractivity contribution is 14.1. The lowest BCUT2D eigenvalue weighted by Crippen LogP contribution is -2.13. The fourth-order valence-corrected chi connectivity index (χ4v) is 2.22. The van der Waals surface area contributed by atoms with Crippen molar-refractivity contribution < 1.29 is 8.78 Å². The summed E-state index contributed by atoms with van der Waals surface area (Å²) < 4.78 is 28.0. The number of halogens is 3. The summed E-state index contributed by atoms with van der Waals surface area (Å²) in [6, 6.07) is 0. The van der Waals surface area contributed by atoms with E-state index >= 15 is 0 Å². The van der Waals surface area contributed by atoms with Crippen molar-refractivity contribution in [1.29, 1.82) is 0 Å². The summed E-state index contributed by atoms with van der Waals surface area (Å²) in [5.74, 6) is -2.42. The minimum atomic E-state index is -2.46. The molecule has 0 saturated heterocycles. The van der Waals surface area contributed by atoms with Gasteiger partial charge in [0.1, 0.15) is 6.33 Å². The maximum Gasteiger partial charge on any atom is 0.248 e. The number of alkyl halides is 2. The van der Waals surface area contributed by atoms with E-state index in [-0.39, 0.29) is 18.8 Å². The molecule has 1 aromatic heterocycles. The van der Waals surface area contributed by atoms with Crippen LogP contribution in [0.2, 0.25) is 0 Å². The second-order valence-electron chi connectivity index (χ2n) is 3.70. The highest BCUT2D eigenvalue weighted by Crippen LogP contribution is 2.39. The van der Waals surface area contributed by atoms with Crippen LogP contribution in [-0.4, -0.2) is 20.7 Å². The fraction of sp³-hybridized carbons (Fsp3) is 0.750. The van der Waals surface area contributed by atoms with Gasteiger partial charge in [0, 0.05) is 42.0 Å². The lowest BCUT2D eigenvalue weighted by Gasteiger charge is -2.09. The summed E-state index contributed by atoms with van der Waals surface area (Å²) in [5, 5.41) is 4.07. The van der Waals surface area contributed by atoms with Gasteiger partial charge in [0.25, 0.3) is 0 Å². The third-order valence-electron chi connectivity index (χ3n) is 2.46. The van der Waals surface area contributed by atoms with E-state index in [1.807, 2.05) is 22.6 Å². The first kappa shape index (κ1) is 10.3. The average Bonchev–Trinajstić information content (AvgIpc) is 2.59. The van der Waals surface area contributed by atoms with Gasteiger partial charge in [-0.2, -0.15) is 0 Å². The summed E-state index contributed by atoms with van der Waals surface area (Å²) in [6.45, 7) is 0.561. The molecule has 0 bridgehead atoms. The summed E-state index contributed by atoms with van der Waals surface area (Å²) in [5.41, 5.74) is 0. The Bertz CT molecular complexity index is 326. The molecule has 0 amide bonds. The molecule has 0 aromatic carbocycles. The standard InChI is InChI=1S/C8H10F2IN3/c9-8(10)2-1-6(3-8)4-14-5-12-7(11)13-14/h5-6H,1-4H2. The van der Waals surface area contributed by atoms with Crippen LogP contribution in [0.3, 0.4) is 0 Å². The molecule has 1 saturated carbocycles. The average molecular weight is 313 g/mol. The van der Waals surface area contributed by atoms with Crippen molar-refractivity contribution in [1.82, 2.24) is 14.8 Å². The lowest BCUT2D eigenvalue weighted by atomic mass is 10.1. The molecule has 1 aromatic rings. The van der Waals surface area contributed by atoms with Crippen LogP contribution >= 0.6 is 22.6 Å². The third-order valence-corrected chi connectivity index (χ3v) is 2.95. The zero-order valence-electron chi connectivity index (χ0n) is 7.46. The van der Waals surface area contributed by atoms with Gasteiger partial charge in [-0.25, -0.2) is 13.8 Å².